The number of aliphatic hydroxyl groups is 1. The Morgan fingerprint density at radius 3 is 2.76 bits per heavy atom. The number of nitrogens with two attached hydrogens (primary N) is 1. The van der Waals surface area contributed by atoms with Crippen molar-refractivity contribution in [2.75, 3.05) is 45.9 Å². The molecule has 2 heterocycles. The van der Waals surface area contributed by atoms with Gasteiger partial charge in [0, 0.05) is 50.7 Å². The van der Waals surface area contributed by atoms with Gasteiger partial charge in [0.05, 0.1) is 18.7 Å². The Morgan fingerprint density at radius 2 is 2.10 bits per heavy atom. The Morgan fingerprint density at radius 1 is 1.33 bits per heavy atom. The molecule has 1 aromatic heterocycles. The lowest BCUT2D eigenvalue weighted by Crippen LogP contribution is -2.49. The third-order valence-corrected chi connectivity index (χ3v) is 3.40. The summed E-state index contributed by atoms with van der Waals surface area (Å²) in [5, 5.41) is 8.92. The molecule has 0 radical (unpaired) electrons. The maximum atomic E-state index is 12.4. The quantitative estimate of drug-likeness (QED) is 0.707. The standard InChI is InChI=1S/C15H20N4O2/c16-3-1-2-13-10-14(12-17-11-13)15(21)19-6-4-18(5-7-19)8-9-20/h10-12,20H,3-9,16H2. The third-order valence-electron chi connectivity index (χ3n) is 3.40. The maximum absolute atomic E-state index is 12.4. The fraction of sp³-hybridized carbons (Fsp3) is 0.467. The van der Waals surface area contributed by atoms with E-state index in [-0.39, 0.29) is 19.1 Å². The number of rotatable bonds is 3. The van der Waals surface area contributed by atoms with Crippen LogP contribution in [0, 0.1) is 11.8 Å². The highest BCUT2D eigenvalue weighted by Crippen LogP contribution is 2.09. The van der Waals surface area contributed by atoms with E-state index in [4.69, 9.17) is 10.8 Å². The molecule has 0 aromatic carbocycles. The van der Waals surface area contributed by atoms with E-state index in [0.717, 1.165) is 13.1 Å². The molecule has 1 fully saturated rings. The summed E-state index contributed by atoms with van der Waals surface area (Å²) in [6.45, 7) is 3.99. The molecule has 0 atom stereocenters. The van der Waals surface area contributed by atoms with E-state index in [9.17, 15) is 4.79 Å². The normalized spacial score (nSPS) is 15.4. The number of carbonyl (C=O) groups excluding carboxylic acids is 1. The number of hydrogen-bond acceptors (Lipinski definition) is 5. The molecule has 1 saturated heterocycles. The molecular formula is C15H20N4O2. The molecule has 0 saturated carbocycles. The van der Waals surface area contributed by atoms with Crippen molar-refractivity contribution >= 4 is 5.91 Å². The highest BCUT2D eigenvalue weighted by molar-refractivity contribution is 5.94. The molecule has 21 heavy (non-hydrogen) atoms. The van der Waals surface area contributed by atoms with E-state index >= 15 is 0 Å². The summed E-state index contributed by atoms with van der Waals surface area (Å²) in [5.41, 5.74) is 6.59. The summed E-state index contributed by atoms with van der Waals surface area (Å²) in [7, 11) is 0. The molecule has 6 heteroatoms. The largest absolute Gasteiger partial charge is 0.395 e. The van der Waals surface area contributed by atoms with Crippen LogP contribution in [0.2, 0.25) is 0 Å². The molecule has 1 aliphatic heterocycles. The molecule has 0 aliphatic carbocycles. The first kappa shape index (κ1) is 15.4. The number of hydrogen-bond donors (Lipinski definition) is 2. The van der Waals surface area contributed by atoms with Crippen LogP contribution in [0.25, 0.3) is 0 Å². The van der Waals surface area contributed by atoms with Crippen LogP contribution in [0.15, 0.2) is 18.5 Å². The Kier molecular flexibility index (Phi) is 5.69. The van der Waals surface area contributed by atoms with E-state index in [1.165, 1.54) is 0 Å². The maximum Gasteiger partial charge on any atom is 0.255 e. The van der Waals surface area contributed by atoms with Crippen molar-refractivity contribution in [3.8, 4) is 11.8 Å². The summed E-state index contributed by atoms with van der Waals surface area (Å²) >= 11 is 0. The first-order valence-corrected chi connectivity index (χ1v) is 7.01. The molecule has 112 valence electrons. The average Bonchev–Trinajstić information content (AvgIpc) is 2.53. The minimum atomic E-state index is -0.0254. The van der Waals surface area contributed by atoms with Crippen molar-refractivity contribution in [2.24, 2.45) is 5.73 Å². The Bertz CT molecular complexity index is 542. The van der Waals surface area contributed by atoms with Crippen molar-refractivity contribution in [3.05, 3.63) is 29.6 Å². The van der Waals surface area contributed by atoms with Crippen molar-refractivity contribution < 1.29 is 9.90 Å². The van der Waals surface area contributed by atoms with Gasteiger partial charge < -0.3 is 15.7 Å². The van der Waals surface area contributed by atoms with Crippen LogP contribution in [0.3, 0.4) is 0 Å². The number of pyridine rings is 1. The predicted octanol–water partition coefficient (Wildman–Crippen LogP) is -0.858. The molecular weight excluding hydrogens is 268 g/mol. The molecule has 1 aliphatic rings. The zero-order valence-electron chi connectivity index (χ0n) is 12.0. The lowest BCUT2D eigenvalue weighted by molar-refractivity contribution is 0.0614. The molecule has 3 N–H and O–H groups in total. The summed E-state index contributed by atoms with van der Waals surface area (Å²) in [6.07, 6.45) is 3.19. The molecule has 0 unspecified atom stereocenters. The first-order valence-electron chi connectivity index (χ1n) is 7.01. The summed E-state index contributed by atoms with van der Waals surface area (Å²) in [6, 6.07) is 1.75. The van der Waals surface area contributed by atoms with Gasteiger partial charge in [0.25, 0.3) is 5.91 Å². The summed E-state index contributed by atoms with van der Waals surface area (Å²) in [5.74, 6) is 5.61. The monoisotopic (exact) mass is 288 g/mol. The van der Waals surface area contributed by atoms with Crippen molar-refractivity contribution in [1.29, 1.82) is 0 Å². The van der Waals surface area contributed by atoms with Crippen molar-refractivity contribution in [2.45, 2.75) is 0 Å². The first-order chi connectivity index (χ1) is 10.2. The van der Waals surface area contributed by atoms with Gasteiger partial charge in [-0.05, 0) is 6.07 Å². The Labute approximate surface area is 124 Å². The average molecular weight is 288 g/mol. The van der Waals surface area contributed by atoms with Crippen LogP contribution < -0.4 is 5.73 Å². The van der Waals surface area contributed by atoms with E-state index in [0.29, 0.717) is 30.8 Å². The number of amides is 1. The van der Waals surface area contributed by atoms with Crippen LogP contribution >= 0.6 is 0 Å². The lowest BCUT2D eigenvalue weighted by Gasteiger charge is -2.34. The van der Waals surface area contributed by atoms with Gasteiger partial charge in [0.1, 0.15) is 0 Å². The summed E-state index contributed by atoms with van der Waals surface area (Å²) in [4.78, 5) is 20.5. The second-order valence-electron chi connectivity index (χ2n) is 4.83. The molecule has 2 rings (SSSR count). The molecule has 6 nitrogen and oxygen atoms in total. The van der Waals surface area contributed by atoms with Gasteiger partial charge >= 0.3 is 0 Å². The second kappa shape index (κ2) is 7.74. The van der Waals surface area contributed by atoms with Crippen LogP contribution in [0.1, 0.15) is 15.9 Å². The van der Waals surface area contributed by atoms with Gasteiger partial charge in [-0.15, -0.1) is 0 Å². The Balaban J connectivity index is 2.00. The SMILES string of the molecule is NCC#Cc1cncc(C(=O)N2CCN(CCO)CC2)c1. The molecule has 1 aromatic rings. The minimum Gasteiger partial charge on any atom is -0.395 e. The number of carbonyl (C=O) groups is 1. The third kappa shape index (κ3) is 4.26. The van der Waals surface area contributed by atoms with Crippen molar-refractivity contribution in [3.63, 3.8) is 0 Å². The second-order valence-corrected chi connectivity index (χ2v) is 4.83. The summed E-state index contributed by atoms with van der Waals surface area (Å²) < 4.78 is 0. The smallest absolute Gasteiger partial charge is 0.255 e. The number of aromatic nitrogens is 1. The van der Waals surface area contributed by atoms with E-state index < -0.39 is 0 Å². The van der Waals surface area contributed by atoms with Crippen LogP contribution in [0.5, 0.6) is 0 Å². The van der Waals surface area contributed by atoms with E-state index in [1.807, 2.05) is 4.90 Å². The van der Waals surface area contributed by atoms with Gasteiger partial charge in [-0.1, -0.05) is 11.8 Å². The van der Waals surface area contributed by atoms with Crippen LogP contribution in [-0.2, 0) is 0 Å². The van der Waals surface area contributed by atoms with Gasteiger partial charge in [-0.3, -0.25) is 14.7 Å². The van der Waals surface area contributed by atoms with Gasteiger partial charge in [-0.25, -0.2) is 0 Å². The molecule has 0 bridgehead atoms. The lowest BCUT2D eigenvalue weighted by atomic mass is 10.1. The predicted molar refractivity (Wildman–Crippen MR) is 79.6 cm³/mol. The zero-order chi connectivity index (χ0) is 15.1. The van der Waals surface area contributed by atoms with E-state index in [1.54, 1.807) is 18.5 Å². The zero-order valence-corrected chi connectivity index (χ0v) is 12.0. The number of β-amino-alcohol motifs (C(OH)–C–C–N with tert-alkyl or cyclic N) is 1. The number of piperazine rings is 1. The van der Waals surface area contributed by atoms with Crippen LogP contribution in [0.4, 0.5) is 0 Å². The van der Waals surface area contributed by atoms with E-state index in [2.05, 4.69) is 21.7 Å². The fourth-order valence-corrected chi connectivity index (χ4v) is 2.28. The van der Waals surface area contributed by atoms with Gasteiger partial charge in [0.2, 0.25) is 0 Å². The Hall–Kier alpha value is -1.94. The van der Waals surface area contributed by atoms with Crippen LogP contribution in [-0.4, -0.2) is 71.7 Å². The van der Waals surface area contributed by atoms with Crippen molar-refractivity contribution in [1.82, 2.24) is 14.8 Å². The highest BCUT2D eigenvalue weighted by atomic mass is 16.3. The number of nitrogens with zero attached hydrogens (tertiary/aromatic N) is 3. The van der Waals surface area contributed by atoms with Gasteiger partial charge in [-0.2, -0.15) is 0 Å². The molecule has 1 amide bonds. The number of aliphatic hydroxyl groups excluding tert-OH is 1. The topological polar surface area (TPSA) is 82.7 Å². The highest BCUT2D eigenvalue weighted by Gasteiger charge is 2.22. The fourth-order valence-electron chi connectivity index (χ4n) is 2.28. The minimum absolute atomic E-state index is 0.0254. The molecule has 0 spiro atoms. The van der Waals surface area contributed by atoms with Gasteiger partial charge in [0.15, 0.2) is 0 Å².